The van der Waals surface area contributed by atoms with Crippen LogP contribution in [0.3, 0.4) is 0 Å². The molecule has 0 atom stereocenters. The molecule has 0 saturated carbocycles. The Balaban J connectivity index is 1.91. The summed E-state index contributed by atoms with van der Waals surface area (Å²) in [4.78, 5) is 23.3. The fraction of sp³-hybridized carbons (Fsp3) is 0.125. The molecule has 0 heterocycles. The molecule has 0 spiro atoms. The van der Waals surface area contributed by atoms with Crippen molar-refractivity contribution >= 4 is 40.2 Å². The fourth-order valence-electron chi connectivity index (χ4n) is 1.72. The highest BCUT2D eigenvalue weighted by Crippen LogP contribution is 2.14. The van der Waals surface area contributed by atoms with E-state index in [9.17, 15) is 9.59 Å². The third-order valence-electron chi connectivity index (χ3n) is 2.75. The monoisotopic (exact) mass is 411 g/mol. The lowest BCUT2D eigenvalue weighted by atomic mass is 10.2. The molecule has 0 aromatic heterocycles. The van der Waals surface area contributed by atoms with Crippen LogP contribution in [0.5, 0.6) is 5.75 Å². The van der Waals surface area contributed by atoms with E-state index in [1.165, 1.54) is 7.11 Å². The van der Waals surface area contributed by atoms with Crippen molar-refractivity contribution in [2.24, 2.45) is 0 Å². The number of anilines is 1. The zero-order valence-corrected chi connectivity index (χ0v) is 14.0. The van der Waals surface area contributed by atoms with E-state index in [0.29, 0.717) is 17.0 Å². The number of hydrogen-bond donors (Lipinski definition) is 1. The van der Waals surface area contributed by atoms with Crippen molar-refractivity contribution in [1.82, 2.24) is 0 Å². The molecular weight excluding hydrogens is 397 g/mol. The SMILES string of the molecule is COC(=O)c1cccc(NC(=O)COc2ccc(I)cc2)c1. The average molecular weight is 411 g/mol. The maximum Gasteiger partial charge on any atom is 0.337 e. The van der Waals surface area contributed by atoms with E-state index in [1.54, 1.807) is 36.4 Å². The number of carbonyl (C=O) groups excluding carboxylic acids is 2. The molecule has 2 aromatic rings. The van der Waals surface area contributed by atoms with Crippen LogP contribution in [0.1, 0.15) is 10.4 Å². The second-order valence-corrected chi connectivity index (χ2v) is 5.61. The number of methoxy groups -OCH3 is 1. The van der Waals surface area contributed by atoms with E-state index in [-0.39, 0.29) is 12.5 Å². The third-order valence-corrected chi connectivity index (χ3v) is 3.47. The first-order valence-corrected chi connectivity index (χ1v) is 7.53. The normalized spacial score (nSPS) is 9.91. The maximum absolute atomic E-state index is 11.8. The number of halogens is 1. The highest BCUT2D eigenvalue weighted by Gasteiger charge is 2.08. The Hall–Kier alpha value is -2.09. The summed E-state index contributed by atoms with van der Waals surface area (Å²) in [6, 6.07) is 13.9. The smallest absolute Gasteiger partial charge is 0.337 e. The zero-order valence-electron chi connectivity index (χ0n) is 11.8. The lowest BCUT2D eigenvalue weighted by Gasteiger charge is -2.08. The van der Waals surface area contributed by atoms with E-state index in [0.717, 1.165) is 3.57 Å². The van der Waals surface area contributed by atoms with Crippen LogP contribution in [0.4, 0.5) is 5.69 Å². The quantitative estimate of drug-likeness (QED) is 0.607. The van der Waals surface area contributed by atoms with Crippen LogP contribution in [0.15, 0.2) is 48.5 Å². The molecule has 0 aliphatic heterocycles. The Bertz CT molecular complexity index is 670. The number of ether oxygens (including phenoxy) is 2. The summed E-state index contributed by atoms with van der Waals surface area (Å²) in [7, 11) is 1.31. The Morgan fingerprint density at radius 1 is 1.14 bits per heavy atom. The molecule has 0 fully saturated rings. The van der Waals surface area contributed by atoms with Gasteiger partial charge in [-0.05, 0) is 65.1 Å². The van der Waals surface area contributed by atoms with Gasteiger partial charge in [-0.2, -0.15) is 0 Å². The van der Waals surface area contributed by atoms with E-state index >= 15 is 0 Å². The van der Waals surface area contributed by atoms with Crippen LogP contribution in [0.2, 0.25) is 0 Å². The second-order valence-electron chi connectivity index (χ2n) is 4.36. The highest BCUT2D eigenvalue weighted by atomic mass is 127. The molecule has 6 heteroatoms. The lowest BCUT2D eigenvalue weighted by Crippen LogP contribution is -2.20. The summed E-state index contributed by atoms with van der Waals surface area (Å²) in [6.45, 7) is -0.108. The summed E-state index contributed by atoms with van der Waals surface area (Å²) in [5.41, 5.74) is 0.887. The molecule has 1 N–H and O–H groups in total. The van der Waals surface area contributed by atoms with Crippen molar-refractivity contribution in [3.8, 4) is 5.75 Å². The van der Waals surface area contributed by atoms with E-state index in [2.05, 4.69) is 32.6 Å². The van der Waals surface area contributed by atoms with Gasteiger partial charge in [-0.1, -0.05) is 6.07 Å². The van der Waals surface area contributed by atoms with E-state index < -0.39 is 5.97 Å². The third kappa shape index (κ3) is 4.73. The van der Waals surface area contributed by atoms with Gasteiger partial charge in [0.2, 0.25) is 0 Å². The van der Waals surface area contributed by atoms with Crippen molar-refractivity contribution in [2.75, 3.05) is 19.0 Å². The Labute approximate surface area is 141 Å². The number of nitrogens with one attached hydrogen (secondary N) is 1. The Kier molecular flexibility index (Phi) is 5.76. The maximum atomic E-state index is 11.8. The minimum atomic E-state index is -0.453. The van der Waals surface area contributed by atoms with Gasteiger partial charge in [0.25, 0.3) is 5.91 Å². The molecule has 2 rings (SSSR count). The summed E-state index contributed by atoms with van der Waals surface area (Å²) >= 11 is 2.19. The van der Waals surface area contributed by atoms with Crippen LogP contribution in [-0.2, 0) is 9.53 Å². The molecular formula is C16H14INO4. The van der Waals surface area contributed by atoms with Gasteiger partial charge in [-0.3, -0.25) is 4.79 Å². The average Bonchev–Trinajstić information content (AvgIpc) is 2.54. The first-order chi connectivity index (χ1) is 10.6. The molecule has 1 amide bonds. The minimum absolute atomic E-state index is 0.108. The predicted octanol–water partition coefficient (Wildman–Crippen LogP) is 3.10. The van der Waals surface area contributed by atoms with Gasteiger partial charge in [-0.25, -0.2) is 4.79 Å². The second kappa shape index (κ2) is 7.79. The predicted molar refractivity (Wildman–Crippen MR) is 91.1 cm³/mol. The molecule has 0 unspecified atom stereocenters. The Morgan fingerprint density at radius 2 is 1.86 bits per heavy atom. The van der Waals surface area contributed by atoms with Crippen LogP contribution in [-0.4, -0.2) is 25.6 Å². The van der Waals surface area contributed by atoms with Crippen molar-refractivity contribution in [3.63, 3.8) is 0 Å². The van der Waals surface area contributed by atoms with Crippen LogP contribution < -0.4 is 10.1 Å². The van der Waals surface area contributed by atoms with E-state index in [1.807, 2.05) is 12.1 Å². The van der Waals surface area contributed by atoms with Crippen LogP contribution in [0, 0.1) is 3.57 Å². The summed E-state index contributed by atoms with van der Waals surface area (Å²) in [6.07, 6.45) is 0. The lowest BCUT2D eigenvalue weighted by molar-refractivity contribution is -0.118. The number of hydrogen-bond acceptors (Lipinski definition) is 4. The molecule has 2 aromatic carbocycles. The molecule has 0 aliphatic rings. The van der Waals surface area contributed by atoms with Gasteiger partial charge < -0.3 is 14.8 Å². The molecule has 5 nitrogen and oxygen atoms in total. The summed E-state index contributed by atoms with van der Waals surface area (Å²) < 4.78 is 11.1. The fourth-order valence-corrected chi connectivity index (χ4v) is 2.08. The van der Waals surface area contributed by atoms with E-state index in [4.69, 9.17) is 4.74 Å². The molecule has 0 aliphatic carbocycles. The molecule has 0 bridgehead atoms. The van der Waals surface area contributed by atoms with Gasteiger partial charge in [-0.15, -0.1) is 0 Å². The number of carbonyl (C=O) groups is 2. The zero-order chi connectivity index (χ0) is 15.9. The number of rotatable bonds is 5. The van der Waals surface area contributed by atoms with Crippen LogP contribution in [0.25, 0.3) is 0 Å². The largest absolute Gasteiger partial charge is 0.484 e. The van der Waals surface area contributed by atoms with Gasteiger partial charge >= 0.3 is 5.97 Å². The topological polar surface area (TPSA) is 64.6 Å². The van der Waals surface area contributed by atoms with Crippen molar-refractivity contribution in [1.29, 1.82) is 0 Å². The van der Waals surface area contributed by atoms with Gasteiger partial charge in [0, 0.05) is 9.26 Å². The summed E-state index contributed by atoms with van der Waals surface area (Å²) in [5.74, 6) is -0.134. The van der Waals surface area contributed by atoms with Crippen molar-refractivity contribution in [2.45, 2.75) is 0 Å². The summed E-state index contributed by atoms with van der Waals surface area (Å²) in [5, 5.41) is 2.67. The first-order valence-electron chi connectivity index (χ1n) is 6.45. The van der Waals surface area contributed by atoms with Crippen molar-refractivity contribution < 1.29 is 19.1 Å². The molecule has 114 valence electrons. The van der Waals surface area contributed by atoms with Gasteiger partial charge in [0.15, 0.2) is 6.61 Å². The molecule has 0 radical (unpaired) electrons. The minimum Gasteiger partial charge on any atom is -0.484 e. The highest BCUT2D eigenvalue weighted by molar-refractivity contribution is 14.1. The molecule has 0 saturated heterocycles. The van der Waals surface area contributed by atoms with Crippen molar-refractivity contribution in [3.05, 3.63) is 57.7 Å². The van der Waals surface area contributed by atoms with Crippen LogP contribution >= 0.6 is 22.6 Å². The Morgan fingerprint density at radius 3 is 2.55 bits per heavy atom. The standard InChI is InChI=1S/C16H14INO4/c1-21-16(20)11-3-2-4-13(9-11)18-15(19)10-22-14-7-5-12(17)6-8-14/h2-9H,10H2,1H3,(H,18,19). The van der Waals surface area contributed by atoms with Gasteiger partial charge in [0.05, 0.1) is 12.7 Å². The number of amides is 1. The number of benzene rings is 2. The number of esters is 1. The molecule has 22 heavy (non-hydrogen) atoms. The van der Waals surface area contributed by atoms with Gasteiger partial charge in [0.1, 0.15) is 5.75 Å². The first kappa shape index (κ1) is 16.3.